The number of aromatic amines is 1. The predicted molar refractivity (Wildman–Crippen MR) is 119 cm³/mol. The Hall–Kier alpha value is -4.06. The molecule has 5 aromatic rings. The van der Waals surface area contributed by atoms with Crippen LogP contribution in [-0.2, 0) is 19.4 Å². The number of pyridine rings is 1. The van der Waals surface area contributed by atoms with Gasteiger partial charge in [0, 0.05) is 11.8 Å². The summed E-state index contributed by atoms with van der Waals surface area (Å²) in [6.07, 6.45) is 1.54. The molecule has 0 amide bonds. The number of aromatic nitrogens is 5. The summed E-state index contributed by atoms with van der Waals surface area (Å²) in [5.74, 6) is 1.61. The zero-order valence-corrected chi connectivity index (χ0v) is 16.9. The lowest BCUT2D eigenvalue weighted by atomic mass is 10.0. The molecule has 0 aliphatic rings. The maximum absolute atomic E-state index is 6.01. The molecule has 0 atom stereocenters. The van der Waals surface area contributed by atoms with Gasteiger partial charge >= 0.3 is 0 Å². The van der Waals surface area contributed by atoms with Crippen molar-refractivity contribution in [2.45, 2.75) is 19.4 Å². The zero-order chi connectivity index (χ0) is 20.9. The maximum Gasteiger partial charge on any atom is 0.152 e. The highest BCUT2D eigenvalue weighted by atomic mass is 16.5. The van der Waals surface area contributed by atoms with E-state index in [4.69, 9.17) is 4.74 Å². The Morgan fingerprint density at radius 1 is 0.742 bits per heavy atom. The highest BCUT2D eigenvalue weighted by Gasteiger charge is 2.04. The maximum atomic E-state index is 6.01. The SMILES string of the molecule is c1cc(Cc2ccc(Cc3nnn[nH]3)cc2)cc(OCc2ccc3ccccc3n2)c1. The summed E-state index contributed by atoms with van der Waals surface area (Å²) in [4.78, 5) is 4.68. The molecule has 0 spiro atoms. The number of benzene rings is 3. The van der Waals surface area contributed by atoms with Gasteiger partial charge in [0.2, 0.25) is 0 Å². The van der Waals surface area contributed by atoms with E-state index in [0.717, 1.165) is 34.6 Å². The van der Waals surface area contributed by atoms with Crippen LogP contribution in [0, 0.1) is 0 Å². The fraction of sp³-hybridized carbons (Fsp3) is 0.120. The minimum Gasteiger partial charge on any atom is -0.487 e. The Balaban J connectivity index is 1.22. The van der Waals surface area contributed by atoms with Crippen molar-refractivity contribution in [1.29, 1.82) is 0 Å². The fourth-order valence-corrected chi connectivity index (χ4v) is 3.55. The molecule has 0 bridgehead atoms. The quantitative estimate of drug-likeness (QED) is 0.430. The van der Waals surface area contributed by atoms with E-state index >= 15 is 0 Å². The molecule has 6 heteroatoms. The molecule has 3 aromatic carbocycles. The first-order valence-corrected chi connectivity index (χ1v) is 10.2. The summed E-state index contributed by atoms with van der Waals surface area (Å²) >= 11 is 0. The third-order valence-electron chi connectivity index (χ3n) is 5.13. The van der Waals surface area contributed by atoms with E-state index in [1.54, 1.807) is 0 Å². The lowest BCUT2D eigenvalue weighted by Crippen LogP contribution is -1.99. The van der Waals surface area contributed by atoms with Gasteiger partial charge in [0.15, 0.2) is 5.82 Å². The average molecular weight is 407 g/mol. The lowest BCUT2D eigenvalue weighted by molar-refractivity contribution is 0.301. The van der Waals surface area contributed by atoms with Crippen molar-refractivity contribution in [2.75, 3.05) is 0 Å². The van der Waals surface area contributed by atoms with Crippen LogP contribution in [0.1, 0.15) is 28.2 Å². The molecule has 1 N–H and O–H groups in total. The second-order valence-corrected chi connectivity index (χ2v) is 7.45. The van der Waals surface area contributed by atoms with Crippen molar-refractivity contribution in [3.8, 4) is 5.75 Å². The van der Waals surface area contributed by atoms with E-state index in [-0.39, 0.29) is 0 Å². The summed E-state index contributed by atoms with van der Waals surface area (Å²) in [6.45, 7) is 0.444. The van der Waals surface area contributed by atoms with Crippen molar-refractivity contribution in [3.05, 3.63) is 113 Å². The molecule has 6 nitrogen and oxygen atoms in total. The van der Waals surface area contributed by atoms with E-state index in [0.29, 0.717) is 13.0 Å². The van der Waals surface area contributed by atoms with Crippen LogP contribution in [0.2, 0.25) is 0 Å². The number of tetrazole rings is 1. The van der Waals surface area contributed by atoms with Crippen LogP contribution >= 0.6 is 0 Å². The number of rotatable bonds is 7. The van der Waals surface area contributed by atoms with Crippen molar-refractivity contribution in [1.82, 2.24) is 25.6 Å². The van der Waals surface area contributed by atoms with Gasteiger partial charge in [0.05, 0.1) is 11.2 Å². The Morgan fingerprint density at radius 2 is 1.58 bits per heavy atom. The minimum absolute atomic E-state index is 0.444. The summed E-state index contributed by atoms with van der Waals surface area (Å²) in [5.41, 5.74) is 5.52. The molecule has 0 fully saturated rings. The van der Waals surface area contributed by atoms with Crippen molar-refractivity contribution in [2.24, 2.45) is 0 Å². The zero-order valence-electron chi connectivity index (χ0n) is 16.9. The van der Waals surface area contributed by atoms with E-state index in [1.807, 2.05) is 36.4 Å². The number of ether oxygens (including phenoxy) is 1. The van der Waals surface area contributed by atoms with Crippen LogP contribution in [0.5, 0.6) is 5.75 Å². The molecule has 0 saturated heterocycles. The van der Waals surface area contributed by atoms with E-state index in [1.165, 1.54) is 16.7 Å². The molecule has 31 heavy (non-hydrogen) atoms. The van der Waals surface area contributed by atoms with Gasteiger partial charge in [-0.05, 0) is 57.8 Å². The van der Waals surface area contributed by atoms with Crippen LogP contribution in [0.25, 0.3) is 10.9 Å². The van der Waals surface area contributed by atoms with Gasteiger partial charge in [-0.25, -0.2) is 10.1 Å². The molecule has 0 aliphatic heterocycles. The molecule has 0 radical (unpaired) electrons. The topological polar surface area (TPSA) is 76.6 Å². The van der Waals surface area contributed by atoms with Gasteiger partial charge < -0.3 is 4.74 Å². The summed E-state index contributed by atoms with van der Waals surface area (Å²) < 4.78 is 6.01. The van der Waals surface area contributed by atoms with Crippen molar-refractivity contribution < 1.29 is 4.74 Å². The number of hydrogen-bond donors (Lipinski definition) is 1. The first-order valence-electron chi connectivity index (χ1n) is 10.2. The molecule has 2 heterocycles. The van der Waals surface area contributed by atoms with Crippen molar-refractivity contribution >= 4 is 10.9 Å². The normalized spacial score (nSPS) is 11.0. The molecule has 2 aromatic heterocycles. The highest BCUT2D eigenvalue weighted by molar-refractivity contribution is 5.78. The Bertz CT molecular complexity index is 1280. The number of fused-ring (bicyclic) bond motifs is 1. The monoisotopic (exact) mass is 407 g/mol. The molecular weight excluding hydrogens is 386 g/mol. The smallest absolute Gasteiger partial charge is 0.152 e. The molecule has 0 aliphatic carbocycles. The van der Waals surface area contributed by atoms with Gasteiger partial charge in [-0.15, -0.1) is 5.10 Å². The van der Waals surface area contributed by atoms with E-state index in [2.05, 4.69) is 74.1 Å². The van der Waals surface area contributed by atoms with Gasteiger partial charge in [-0.2, -0.15) is 0 Å². The molecular formula is C25H21N5O. The van der Waals surface area contributed by atoms with Crippen LogP contribution in [-0.4, -0.2) is 25.6 Å². The van der Waals surface area contributed by atoms with E-state index in [9.17, 15) is 0 Å². The van der Waals surface area contributed by atoms with Crippen LogP contribution in [0.3, 0.4) is 0 Å². The standard InChI is InChI=1S/C25H21N5O/c1-2-7-24-21(5-1)12-13-22(26-24)17-31-23-6-3-4-20(15-23)14-18-8-10-19(11-9-18)16-25-27-29-30-28-25/h1-13,15H,14,16-17H2,(H,27,28,29,30). The lowest BCUT2D eigenvalue weighted by Gasteiger charge is -2.09. The third-order valence-corrected chi connectivity index (χ3v) is 5.13. The second-order valence-electron chi connectivity index (χ2n) is 7.45. The molecule has 152 valence electrons. The Morgan fingerprint density at radius 3 is 2.42 bits per heavy atom. The second kappa shape index (κ2) is 8.75. The van der Waals surface area contributed by atoms with E-state index < -0.39 is 0 Å². The molecule has 5 rings (SSSR count). The summed E-state index contributed by atoms with van der Waals surface area (Å²) in [5, 5.41) is 15.1. The molecule has 0 unspecified atom stereocenters. The number of para-hydroxylation sites is 1. The number of nitrogens with one attached hydrogen (secondary N) is 1. The first kappa shape index (κ1) is 18.9. The highest BCUT2D eigenvalue weighted by Crippen LogP contribution is 2.19. The Labute approximate surface area is 179 Å². The molecule has 0 saturated carbocycles. The first-order chi connectivity index (χ1) is 15.3. The van der Waals surface area contributed by atoms with Crippen LogP contribution < -0.4 is 4.74 Å². The Kier molecular flexibility index (Phi) is 5.35. The summed E-state index contributed by atoms with van der Waals surface area (Å²) in [6, 6.07) is 29.0. The van der Waals surface area contributed by atoms with Gasteiger partial charge in [-0.1, -0.05) is 60.7 Å². The number of H-pyrrole nitrogens is 1. The third kappa shape index (κ3) is 4.75. The van der Waals surface area contributed by atoms with Gasteiger partial charge in [-0.3, -0.25) is 0 Å². The number of nitrogens with zero attached hydrogens (tertiary/aromatic N) is 4. The minimum atomic E-state index is 0.444. The van der Waals surface area contributed by atoms with Crippen LogP contribution in [0.4, 0.5) is 0 Å². The van der Waals surface area contributed by atoms with Gasteiger partial charge in [0.25, 0.3) is 0 Å². The van der Waals surface area contributed by atoms with Gasteiger partial charge in [0.1, 0.15) is 12.4 Å². The average Bonchev–Trinajstić information content (AvgIpc) is 3.32. The predicted octanol–water partition coefficient (Wildman–Crippen LogP) is 4.51. The largest absolute Gasteiger partial charge is 0.487 e. The fourth-order valence-electron chi connectivity index (χ4n) is 3.55. The van der Waals surface area contributed by atoms with Crippen molar-refractivity contribution in [3.63, 3.8) is 0 Å². The summed E-state index contributed by atoms with van der Waals surface area (Å²) in [7, 11) is 0. The van der Waals surface area contributed by atoms with Crippen LogP contribution in [0.15, 0.2) is 84.9 Å². The number of hydrogen-bond acceptors (Lipinski definition) is 5.